The Morgan fingerprint density at radius 1 is 1.16 bits per heavy atom. The fourth-order valence-electron chi connectivity index (χ4n) is 2.32. The minimum absolute atomic E-state index is 0.0488. The van der Waals surface area contributed by atoms with Crippen molar-refractivity contribution >= 4 is 29.2 Å². The predicted molar refractivity (Wildman–Crippen MR) is 97.2 cm³/mol. The van der Waals surface area contributed by atoms with E-state index in [0.717, 1.165) is 5.56 Å². The first-order chi connectivity index (χ1) is 11.7. The molecule has 0 aliphatic carbocycles. The van der Waals surface area contributed by atoms with Crippen LogP contribution in [0.3, 0.4) is 0 Å². The molecule has 0 bridgehead atoms. The lowest BCUT2D eigenvalue weighted by atomic mass is 9.86. The largest absolute Gasteiger partial charge is 0.507 e. The van der Waals surface area contributed by atoms with Crippen LogP contribution in [0.25, 0.3) is 0 Å². The molecule has 5 nitrogen and oxygen atoms in total. The van der Waals surface area contributed by atoms with Crippen LogP contribution in [0.5, 0.6) is 5.75 Å². The first kappa shape index (κ1) is 18.8. The average molecular weight is 362 g/mol. The minimum Gasteiger partial charge on any atom is -0.507 e. The molecule has 2 aromatic carbocycles. The van der Waals surface area contributed by atoms with E-state index in [0.29, 0.717) is 10.7 Å². The minimum atomic E-state index is -0.798. The third-order valence-corrected chi connectivity index (χ3v) is 3.76. The Bertz CT molecular complexity index is 796. The monoisotopic (exact) mass is 361 g/mol. The Labute approximate surface area is 151 Å². The molecular formula is C19H20ClNO4. The number of hydrogen-bond donors (Lipinski definition) is 2. The third kappa shape index (κ3) is 4.97. The summed E-state index contributed by atoms with van der Waals surface area (Å²) in [7, 11) is 0. The number of para-hydroxylation sites is 1. The van der Waals surface area contributed by atoms with Crippen molar-refractivity contribution in [1.29, 1.82) is 0 Å². The summed E-state index contributed by atoms with van der Waals surface area (Å²) in [6.07, 6.45) is 0. The zero-order valence-corrected chi connectivity index (χ0v) is 15.1. The molecule has 0 saturated carbocycles. The number of rotatable bonds is 4. The molecule has 0 unspecified atom stereocenters. The zero-order valence-electron chi connectivity index (χ0n) is 14.3. The summed E-state index contributed by atoms with van der Waals surface area (Å²) < 4.78 is 4.95. The van der Waals surface area contributed by atoms with Crippen LogP contribution in [-0.2, 0) is 14.9 Å². The number of phenols is 1. The number of aromatic hydroxyl groups is 1. The Morgan fingerprint density at radius 2 is 1.84 bits per heavy atom. The number of ether oxygens (including phenoxy) is 1. The van der Waals surface area contributed by atoms with Crippen molar-refractivity contribution in [2.45, 2.75) is 26.2 Å². The fourth-order valence-corrected chi connectivity index (χ4v) is 2.49. The third-order valence-electron chi connectivity index (χ3n) is 3.52. The molecule has 1 amide bonds. The van der Waals surface area contributed by atoms with Gasteiger partial charge in [0.1, 0.15) is 11.3 Å². The van der Waals surface area contributed by atoms with Crippen molar-refractivity contribution in [2.24, 2.45) is 0 Å². The fraction of sp³-hybridized carbons (Fsp3) is 0.263. The van der Waals surface area contributed by atoms with Gasteiger partial charge in [-0.15, -0.1) is 0 Å². The second kappa shape index (κ2) is 7.57. The summed E-state index contributed by atoms with van der Waals surface area (Å²) in [5.74, 6) is -1.55. The van der Waals surface area contributed by atoms with E-state index >= 15 is 0 Å². The molecule has 25 heavy (non-hydrogen) atoms. The van der Waals surface area contributed by atoms with Gasteiger partial charge in [0.2, 0.25) is 0 Å². The molecule has 0 heterocycles. The second-order valence-corrected chi connectivity index (χ2v) is 7.02. The number of carbonyl (C=O) groups excluding carboxylic acids is 2. The van der Waals surface area contributed by atoms with Gasteiger partial charge in [-0.05, 0) is 35.2 Å². The van der Waals surface area contributed by atoms with E-state index in [-0.39, 0.29) is 16.7 Å². The van der Waals surface area contributed by atoms with Crippen LogP contribution in [-0.4, -0.2) is 23.6 Å². The van der Waals surface area contributed by atoms with Crippen molar-refractivity contribution < 1.29 is 19.4 Å². The topological polar surface area (TPSA) is 75.6 Å². The van der Waals surface area contributed by atoms with Crippen molar-refractivity contribution in [3.63, 3.8) is 0 Å². The highest BCUT2D eigenvalue weighted by Gasteiger charge is 2.19. The summed E-state index contributed by atoms with van der Waals surface area (Å²) >= 11 is 5.71. The van der Waals surface area contributed by atoms with Gasteiger partial charge in [-0.2, -0.15) is 0 Å². The highest BCUT2D eigenvalue weighted by atomic mass is 35.5. The number of phenolic OH excluding ortho intramolecular Hbond substituents is 1. The first-order valence-corrected chi connectivity index (χ1v) is 8.11. The zero-order chi connectivity index (χ0) is 18.6. The van der Waals surface area contributed by atoms with E-state index < -0.39 is 18.5 Å². The van der Waals surface area contributed by atoms with Crippen LogP contribution < -0.4 is 5.32 Å². The number of amides is 1. The van der Waals surface area contributed by atoms with Gasteiger partial charge in [0.25, 0.3) is 5.91 Å². The van der Waals surface area contributed by atoms with Gasteiger partial charge < -0.3 is 15.2 Å². The summed E-state index contributed by atoms with van der Waals surface area (Å²) in [6, 6.07) is 11.5. The summed E-state index contributed by atoms with van der Waals surface area (Å²) in [5, 5.41) is 12.7. The van der Waals surface area contributed by atoms with Crippen molar-refractivity contribution in [2.75, 3.05) is 11.9 Å². The molecule has 6 heteroatoms. The lowest BCUT2D eigenvalue weighted by Gasteiger charge is -2.22. The predicted octanol–water partition coefficient (Wildman–Crippen LogP) is 4.14. The molecule has 2 aromatic rings. The van der Waals surface area contributed by atoms with Crippen LogP contribution in [0.4, 0.5) is 5.69 Å². The highest BCUT2D eigenvalue weighted by molar-refractivity contribution is 6.30. The summed E-state index contributed by atoms with van der Waals surface area (Å²) in [6.45, 7) is 5.67. The number of benzene rings is 2. The number of carbonyl (C=O) groups is 2. The Kier molecular flexibility index (Phi) is 5.69. The molecule has 0 aliphatic heterocycles. The first-order valence-electron chi connectivity index (χ1n) is 7.73. The van der Waals surface area contributed by atoms with Crippen molar-refractivity contribution in [1.82, 2.24) is 0 Å². The SMILES string of the molecule is CC(C)(C)c1ccccc1NC(=O)COC(=O)c1ccc(Cl)cc1O. The van der Waals surface area contributed by atoms with Crippen LogP contribution in [0, 0.1) is 0 Å². The Hall–Kier alpha value is -2.53. The molecule has 2 N–H and O–H groups in total. The lowest BCUT2D eigenvalue weighted by molar-refractivity contribution is -0.119. The van der Waals surface area contributed by atoms with Gasteiger partial charge in [-0.25, -0.2) is 4.79 Å². The molecule has 0 aromatic heterocycles. The maximum Gasteiger partial charge on any atom is 0.342 e. The summed E-state index contributed by atoms with van der Waals surface area (Å²) in [4.78, 5) is 24.0. The summed E-state index contributed by atoms with van der Waals surface area (Å²) in [5.41, 5.74) is 1.46. The highest BCUT2D eigenvalue weighted by Crippen LogP contribution is 2.29. The standard InChI is InChI=1S/C19H20ClNO4/c1-19(2,3)14-6-4-5-7-15(14)21-17(23)11-25-18(24)13-9-8-12(20)10-16(13)22/h4-10,22H,11H2,1-3H3,(H,21,23). The molecular weight excluding hydrogens is 342 g/mol. The van der Waals surface area contributed by atoms with E-state index in [1.807, 2.05) is 39.0 Å². The van der Waals surface area contributed by atoms with Crippen LogP contribution in [0.2, 0.25) is 5.02 Å². The van der Waals surface area contributed by atoms with E-state index in [1.165, 1.54) is 18.2 Å². The van der Waals surface area contributed by atoms with E-state index in [9.17, 15) is 14.7 Å². The molecule has 132 valence electrons. The van der Waals surface area contributed by atoms with Gasteiger partial charge in [0.15, 0.2) is 6.61 Å². The second-order valence-electron chi connectivity index (χ2n) is 6.58. The maximum atomic E-state index is 12.1. The lowest BCUT2D eigenvalue weighted by Crippen LogP contribution is -2.23. The molecule has 2 rings (SSSR count). The van der Waals surface area contributed by atoms with Gasteiger partial charge in [-0.3, -0.25) is 4.79 Å². The van der Waals surface area contributed by atoms with E-state index in [1.54, 1.807) is 6.07 Å². The number of nitrogens with one attached hydrogen (secondary N) is 1. The normalized spacial score (nSPS) is 11.0. The molecule has 0 atom stereocenters. The Balaban J connectivity index is 2.01. The van der Waals surface area contributed by atoms with E-state index in [2.05, 4.69) is 5.32 Å². The number of esters is 1. The smallest absolute Gasteiger partial charge is 0.342 e. The van der Waals surface area contributed by atoms with Crippen molar-refractivity contribution in [3.8, 4) is 5.75 Å². The number of anilines is 1. The van der Waals surface area contributed by atoms with Crippen LogP contribution in [0.15, 0.2) is 42.5 Å². The average Bonchev–Trinajstić information content (AvgIpc) is 2.52. The quantitative estimate of drug-likeness (QED) is 0.802. The van der Waals surface area contributed by atoms with Crippen LogP contribution in [0.1, 0.15) is 36.7 Å². The molecule has 0 aliphatic rings. The molecule has 0 saturated heterocycles. The van der Waals surface area contributed by atoms with Gasteiger partial charge in [0, 0.05) is 10.7 Å². The van der Waals surface area contributed by atoms with Crippen molar-refractivity contribution in [3.05, 3.63) is 58.6 Å². The Morgan fingerprint density at radius 3 is 2.48 bits per heavy atom. The van der Waals surface area contributed by atoms with Gasteiger partial charge >= 0.3 is 5.97 Å². The van der Waals surface area contributed by atoms with Crippen LogP contribution >= 0.6 is 11.6 Å². The number of halogens is 1. The maximum absolute atomic E-state index is 12.1. The van der Waals surface area contributed by atoms with E-state index in [4.69, 9.17) is 16.3 Å². The molecule has 0 fully saturated rings. The molecule has 0 radical (unpaired) electrons. The number of hydrogen-bond acceptors (Lipinski definition) is 4. The molecule has 0 spiro atoms. The van der Waals surface area contributed by atoms with Gasteiger partial charge in [-0.1, -0.05) is 50.6 Å². The van der Waals surface area contributed by atoms with Gasteiger partial charge in [0.05, 0.1) is 0 Å².